The molecule has 1 rings (SSSR count). The van der Waals surface area contributed by atoms with E-state index in [1.54, 1.807) is 0 Å². The van der Waals surface area contributed by atoms with E-state index in [4.69, 9.17) is 0 Å². The second kappa shape index (κ2) is 1.95. The minimum absolute atomic E-state index is 0. The summed E-state index contributed by atoms with van der Waals surface area (Å²) in [6.07, 6.45) is 0. The van der Waals surface area contributed by atoms with Crippen LogP contribution < -0.4 is 0 Å². The summed E-state index contributed by atoms with van der Waals surface area (Å²) in [5, 5.41) is 0. The van der Waals surface area contributed by atoms with E-state index < -0.39 is 16.1 Å². The largest absolute Gasteiger partial charge is 0.0125 e. The van der Waals surface area contributed by atoms with Crippen LogP contribution in [0.25, 0.3) is 0 Å². The first-order valence-electron chi connectivity index (χ1n) is 0.638. The zero-order valence-electron chi connectivity index (χ0n) is 2.39. The molecule has 1 fully saturated rings. The summed E-state index contributed by atoms with van der Waals surface area (Å²) >= 11 is -0.438. The van der Waals surface area contributed by atoms with Gasteiger partial charge in [0.25, 0.3) is 0 Å². The van der Waals surface area contributed by atoms with Crippen LogP contribution in [-0.2, 0) is 7.83 Å². The average molecular weight is 137 g/mol. The van der Waals surface area contributed by atoms with Gasteiger partial charge in [0, 0.05) is 0 Å². The summed E-state index contributed by atoms with van der Waals surface area (Å²) < 4.78 is 8.31. The van der Waals surface area contributed by atoms with E-state index in [1.807, 2.05) is 0 Å². The molecular formula is H4GeO2Si. The van der Waals surface area contributed by atoms with Crippen molar-refractivity contribution in [3.05, 3.63) is 0 Å². The van der Waals surface area contributed by atoms with Crippen LogP contribution >= 0.6 is 0 Å². The van der Waals surface area contributed by atoms with Crippen LogP contribution in [0.1, 0.15) is 0 Å². The fraction of sp³-hybridized carbons (Fsp3) is 0. The van der Waals surface area contributed by atoms with E-state index in [0.29, 0.717) is 0 Å². The Kier molecular flexibility index (Phi) is 2.28. The van der Waals surface area contributed by atoms with Crippen LogP contribution in [0.3, 0.4) is 0 Å². The van der Waals surface area contributed by atoms with Gasteiger partial charge in [-0.05, 0) is 11.0 Å². The Bertz CT molecular complexity index is 10.8. The number of hydrogen-bond acceptors (Lipinski definition) is 2. The molecule has 1 aliphatic rings. The molecule has 24 valence electrons. The van der Waals surface area contributed by atoms with Gasteiger partial charge in [0.2, 0.25) is 0 Å². The van der Waals surface area contributed by atoms with Gasteiger partial charge in [0.1, 0.15) is 0 Å². The van der Waals surface area contributed by atoms with Gasteiger partial charge in [-0.1, -0.05) is 0 Å². The maximum Gasteiger partial charge on any atom is -0.0125 e. The molecule has 1 saturated heterocycles. The van der Waals surface area contributed by atoms with Gasteiger partial charge in [0.05, 0.1) is 0 Å². The van der Waals surface area contributed by atoms with Crippen molar-refractivity contribution < 1.29 is 7.83 Å². The van der Waals surface area contributed by atoms with Crippen molar-refractivity contribution in [2.45, 2.75) is 0 Å². The molecular weight excluding hydrogens is 133 g/mol. The van der Waals surface area contributed by atoms with Crippen LogP contribution in [0.4, 0.5) is 0 Å². The Labute approximate surface area is 35.6 Å². The van der Waals surface area contributed by atoms with E-state index in [1.165, 1.54) is 0 Å². The molecule has 0 aromatic rings. The first-order chi connectivity index (χ1) is 1.50. The molecule has 0 N–H and O–H groups in total. The molecule has 0 saturated carbocycles. The van der Waals surface area contributed by atoms with E-state index >= 15 is 0 Å². The maximum atomic E-state index is 4.16. The SMILES string of the molecule is [O]1[O][GeH]1.[SiH3]. The Morgan fingerprint density at radius 1 is 1.25 bits per heavy atom. The van der Waals surface area contributed by atoms with Gasteiger partial charge in [-0.15, -0.1) is 0 Å². The third-order valence-corrected chi connectivity index (χ3v) is 0.500. The van der Waals surface area contributed by atoms with Gasteiger partial charge in [0.15, 0.2) is 0 Å². The van der Waals surface area contributed by atoms with E-state index in [0.717, 1.165) is 0 Å². The van der Waals surface area contributed by atoms with Crippen molar-refractivity contribution in [2.75, 3.05) is 0 Å². The van der Waals surface area contributed by atoms with Crippen molar-refractivity contribution in [2.24, 2.45) is 0 Å². The van der Waals surface area contributed by atoms with E-state index in [9.17, 15) is 0 Å². The first-order valence-corrected chi connectivity index (χ1v) is 2.62. The quantitative estimate of drug-likeness (QED) is 0.219. The Morgan fingerprint density at radius 2 is 1.50 bits per heavy atom. The second-order valence-corrected chi connectivity index (χ2v) is 1.50. The van der Waals surface area contributed by atoms with E-state index in [-0.39, 0.29) is 11.0 Å². The molecule has 0 unspecified atom stereocenters. The van der Waals surface area contributed by atoms with Crippen LogP contribution in [0, 0.1) is 0 Å². The molecule has 0 amide bonds. The van der Waals surface area contributed by atoms with Crippen molar-refractivity contribution in [1.82, 2.24) is 0 Å². The number of hydrogen-bond donors (Lipinski definition) is 0. The summed E-state index contributed by atoms with van der Waals surface area (Å²) in [6.45, 7) is 0. The number of rotatable bonds is 0. The standard InChI is InChI=1S/GeHO2.H3Si/c1-2-3-1;/h1H;1H3. The summed E-state index contributed by atoms with van der Waals surface area (Å²) in [5.74, 6) is 0. The zero-order chi connectivity index (χ0) is 2.12. The third kappa shape index (κ3) is 2.68. The monoisotopic (exact) mass is 138 g/mol. The zero-order valence-corrected chi connectivity index (χ0v) is 6.82. The van der Waals surface area contributed by atoms with Gasteiger partial charge in [-0.2, -0.15) is 0 Å². The van der Waals surface area contributed by atoms with Crippen LogP contribution in [0.15, 0.2) is 0 Å². The van der Waals surface area contributed by atoms with Crippen molar-refractivity contribution in [3.63, 3.8) is 0 Å². The first kappa shape index (κ1) is 4.68. The second-order valence-electron chi connectivity index (χ2n) is 0.289. The fourth-order valence-corrected chi connectivity index (χ4v) is 0. The molecule has 0 aromatic carbocycles. The molecule has 1 aliphatic heterocycles. The molecule has 0 bridgehead atoms. The molecule has 0 atom stereocenters. The predicted octanol–water partition coefficient (Wildman–Crippen LogP) is -1.97. The fourth-order valence-electron chi connectivity index (χ4n) is 0. The molecule has 2 nitrogen and oxygen atoms in total. The minimum Gasteiger partial charge on any atom is -0.0125 e. The van der Waals surface area contributed by atoms with Crippen molar-refractivity contribution >= 4 is 27.1 Å². The smallest absolute Gasteiger partial charge is 0.0125 e. The summed E-state index contributed by atoms with van der Waals surface area (Å²) in [7, 11) is 0. The summed E-state index contributed by atoms with van der Waals surface area (Å²) in [5.41, 5.74) is 0. The van der Waals surface area contributed by atoms with Crippen LogP contribution in [0.5, 0.6) is 0 Å². The molecule has 4 heteroatoms. The molecule has 2 radical (unpaired) electrons. The Hall–Kier alpha value is 0.680. The van der Waals surface area contributed by atoms with Gasteiger partial charge < -0.3 is 0 Å². The predicted molar refractivity (Wildman–Crippen MR) is 19.3 cm³/mol. The molecule has 1 heterocycles. The van der Waals surface area contributed by atoms with Crippen molar-refractivity contribution in [3.8, 4) is 0 Å². The van der Waals surface area contributed by atoms with Gasteiger partial charge >= 0.3 is 23.9 Å². The molecule has 4 heavy (non-hydrogen) atoms. The van der Waals surface area contributed by atoms with Crippen LogP contribution in [0.2, 0.25) is 0 Å². The van der Waals surface area contributed by atoms with Crippen molar-refractivity contribution in [1.29, 1.82) is 0 Å². The summed E-state index contributed by atoms with van der Waals surface area (Å²) in [4.78, 5) is 0. The Balaban J connectivity index is 0.0000000900. The maximum absolute atomic E-state index is 4.16. The van der Waals surface area contributed by atoms with E-state index in [2.05, 4.69) is 7.83 Å². The Morgan fingerprint density at radius 3 is 1.50 bits per heavy atom. The minimum atomic E-state index is -0.438. The molecule has 0 aliphatic carbocycles. The normalized spacial score (nSPS) is 18.0. The average Bonchev–Trinajstić information content (AvgIpc) is 1.46. The molecule has 0 spiro atoms. The van der Waals surface area contributed by atoms with Gasteiger partial charge in [-0.25, -0.2) is 0 Å². The van der Waals surface area contributed by atoms with Gasteiger partial charge in [-0.3, -0.25) is 0 Å². The third-order valence-electron chi connectivity index (χ3n) is 0.0962. The summed E-state index contributed by atoms with van der Waals surface area (Å²) in [6, 6.07) is 0. The molecule has 0 aromatic heterocycles. The van der Waals surface area contributed by atoms with Crippen LogP contribution in [-0.4, -0.2) is 27.1 Å². The topological polar surface area (TPSA) is 25.1 Å².